The van der Waals surface area contributed by atoms with E-state index in [0.717, 1.165) is 0 Å². The second kappa shape index (κ2) is 6.02. The molecule has 0 radical (unpaired) electrons. The second-order valence-electron chi connectivity index (χ2n) is 4.06. The highest BCUT2D eigenvalue weighted by Crippen LogP contribution is 2.17. The van der Waals surface area contributed by atoms with Gasteiger partial charge >= 0.3 is 0 Å². The Morgan fingerprint density at radius 1 is 1.29 bits per heavy atom. The van der Waals surface area contributed by atoms with E-state index in [9.17, 15) is 8.42 Å². The Kier molecular flexibility index (Phi) is 4.96. The molecule has 0 bridgehead atoms. The van der Waals surface area contributed by atoms with Gasteiger partial charge in [-0.1, -0.05) is 12.1 Å². The maximum atomic E-state index is 10.9. The first-order valence-corrected chi connectivity index (χ1v) is 7.56. The molecule has 0 aliphatic rings. The Morgan fingerprint density at radius 3 is 2.35 bits per heavy atom. The molecule has 0 saturated carbocycles. The van der Waals surface area contributed by atoms with Crippen molar-refractivity contribution in [1.82, 2.24) is 5.32 Å². The van der Waals surface area contributed by atoms with Crippen LogP contribution in [0, 0.1) is 0 Å². The molecule has 96 valence electrons. The lowest BCUT2D eigenvalue weighted by atomic mass is 10.1. The lowest BCUT2D eigenvalue weighted by Crippen LogP contribution is -2.13. The molecule has 1 rings (SSSR count). The highest BCUT2D eigenvalue weighted by molar-refractivity contribution is 7.90. The van der Waals surface area contributed by atoms with Crippen LogP contribution in [0.5, 0.6) is 5.75 Å². The third kappa shape index (κ3) is 5.19. The number of hydrogen-bond acceptors (Lipinski definition) is 4. The third-order valence-electron chi connectivity index (χ3n) is 2.54. The van der Waals surface area contributed by atoms with Gasteiger partial charge in [0.2, 0.25) is 0 Å². The van der Waals surface area contributed by atoms with Crippen LogP contribution in [0.15, 0.2) is 24.3 Å². The van der Waals surface area contributed by atoms with Crippen LogP contribution < -0.4 is 10.1 Å². The Labute approximate surface area is 103 Å². The largest absolute Gasteiger partial charge is 0.493 e. The molecule has 1 aromatic rings. The lowest BCUT2D eigenvalue weighted by molar-refractivity contribution is 0.341. The van der Waals surface area contributed by atoms with Gasteiger partial charge in [-0.25, -0.2) is 8.42 Å². The van der Waals surface area contributed by atoms with Gasteiger partial charge in [0.05, 0.1) is 5.75 Å². The van der Waals surface area contributed by atoms with Crippen molar-refractivity contribution in [3.8, 4) is 5.75 Å². The zero-order chi connectivity index (χ0) is 12.9. The number of hydrogen-bond donors (Lipinski definition) is 1. The first-order chi connectivity index (χ1) is 7.92. The first-order valence-electron chi connectivity index (χ1n) is 5.50. The second-order valence-corrected chi connectivity index (χ2v) is 6.32. The molecule has 1 unspecified atom stereocenters. The molecule has 0 spiro atoms. The van der Waals surface area contributed by atoms with Crippen molar-refractivity contribution in [3.05, 3.63) is 29.8 Å². The van der Waals surface area contributed by atoms with E-state index in [1.54, 1.807) is 0 Å². The summed E-state index contributed by atoms with van der Waals surface area (Å²) < 4.78 is 27.2. The van der Waals surface area contributed by atoms with Crippen molar-refractivity contribution in [2.75, 3.05) is 25.7 Å². The van der Waals surface area contributed by atoms with Gasteiger partial charge in [-0.3, -0.25) is 0 Å². The average molecular weight is 257 g/mol. The highest BCUT2D eigenvalue weighted by Gasteiger charge is 2.04. The van der Waals surface area contributed by atoms with Gasteiger partial charge in [-0.2, -0.15) is 0 Å². The summed E-state index contributed by atoms with van der Waals surface area (Å²) in [6.45, 7) is 2.26. The molecule has 0 aliphatic carbocycles. The highest BCUT2D eigenvalue weighted by atomic mass is 32.2. The predicted molar refractivity (Wildman–Crippen MR) is 69.1 cm³/mol. The predicted octanol–water partition coefficient (Wildman–Crippen LogP) is 1.39. The van der Waals surface area contributed by atoms with E-state index in [0.29, 0.717) is 11.8 Å². The monoisotopic (exact) mass is 257 g/mol. The zero-order valence-corrected chi connectivity index (χ0v) is 11.3. The lowest BCUT2D eigenvalue weighted by Gasteiger charge is -2.11. The maximum Gasteiger partial charge on any atom is 0.150 e. The summed E-state index contributed by atoms with van der Waals surface area (Å²) in [5, 5.41) is 3.14. The van der Waals surface area contributed by atoms with Gasteiger partial charge in [-0.05, 0) is 31.7 Å². The standard InChI is InChI=1S/C12H19NO3S/c1-10(13-2)11-4-6-12(7-5-11)16-8-9-17(3,14)15/h4-7,10,13H,8-9H2,1-3H3. The van der Waals surface area contributed by atoms with E-state index in [1.165, 1.54) is 11.8 Å². The summed E-state index contributed by atoms with van der Waals surface area (Å²) in [4.78, 5) is 0. The van der Waals surface area contributed by atoms with Crippen LogP contribution in [0.2, 0.25) is 0 Å². The van der Waals surface area contributed by atoms with E-state index in [4.69, 9.17) is 4.74 Å². The summed E-state index contributed by atoms with van der Waals surface area (Å²) in [6, 6.07) is 7.94. The van der Waals surface area contributed by atoms with Crippen LogP contribution in [-0.2, 0) is 9.84 Å². The van der Waals surface area contributed by atoms with Crippen molar-refractivity contribution < 1.29 is 13.2 Å². The minimum absolute atomic E-state index is 0.0433. The van der Waals surface area contributed by atoms with Crippen molar-refractivity contribution in [2.24, 2.45) is 0 Å². The third-order valence-corrected chi connectivity index (χ3v) is 3.44. The van der Waals surface area contributed by atoms with Crippen LogP contribution in [0.1, 0.15) is 18.5 Å². The summed E-state index contributed by atoms with van der Waals surface area (Å²) in [5.74, 6) is 0.738. The van der Waals surface area contributed by atoms with Crippen molar-refractivity contribution in [3.63, 3.8) is 0 Å². The quantitative estimate of drug-likeness (QED) is 0.836. The number of nitrogens with one attached hydrogen (secondary N) is 1. The summed E-state index contributed by atoms with van der Waals surface area (Å²) >= 11 is 0. The van der Waals surface area contributed by atoms with Crippen LogP contribution in [0.25, 0.3) is 0 Å². The van der Waals surface area contributed by atoms with E-state index < -0.39 is 9.84 Å². The van der Waals surface area contributed by atoms with Crippen LogP contribution in [-0.4, -0.2) is 34.1 Å². The maximum absolute atomic E-state index is 10.9. The number of sulfone groups is 1. The Hall–Kier alpha value is -1.07. The van der Waals surface area contributed by atoms with Gasteiger partial charge < -0.3 is 10.1 Å². The minimum Gasteiger partial charge on any atom is -0.493 e. The molecule has 0 fully saturated rings. The Morgan fingerprint density at radius 2 is 1.88 bits per heavy atom. The normalized spacial score (nSPS) is 13.4. The van der Waals surface area contributed by atoms with Crippen LogP contribution >= 0.6 is 0 Å². The van der Waals surface area contributed by atoms with E-state index in [1.807, 2.05) is 31.3 Å². The van der Waals surface area contributed by atoms with E-state index in [2.05, 4.69) is 12.2 Å². The van der Waals surface area contributed by atoms with Crippen LogP contribution in [0.4, 0.5) is 0 Å². The van der Waals surface area contributed by atoms with Gasteiger partial charge in [0.25, 0.3) is 0 Å². The molecule has 0 aliphatic heterocycles. The smallest absolute Gasteiger partial charge is 0.150 e. The van der Waals surface area contributed by atoms with Crippen molar-refractivity contribution in [1.29, 1.82) is 0 Å². The van der Waals surface area contributed by atoms with E-state index >= 15 is 0 Å². The van der Waals surface area contributed by atoms with Crippen LogP contribution in [0.3, 0.4) is 0 Å². The molecule has 0 amide bonds. The van der Waals surface area contributed by atoms with Gasteiger partial charge in [0, 0.05) is 12.3 Å². The fourth-order valence-electron chi connectivity index (χ4n) is 1.33. The number of benzene rings is 1. The molecule has 4 nitrogen and oxygen atoms in total. The molecule has 0 heterocycles. The number of rotatable bonds is 6. The van der Waals surface area contributed by atoms with Gasteiger partial charge in [0.1, 0.15) is 12.4 Å². The molecule has 1 aromatic carbocycles. The fraction of sp³-hybridized carbons (Fsp3) is 0.500. The molecule has 0 saturated heterocycles. The topological polar surface area (TPSA) is 55.4 Å². The number of ether oxygens (including phenoxy) is 1. The molecular weight excluding hydrogens is 238 g/mol. The summed E-state index contributed by atoms with van der Waals surface area (Å²) in [7, 11) is -1.05. The van der Waals surface area contributed by atoms with Crippen molar-refractivity contribution in [2.45, 2.75) is 13.0 Å². The molecule has 1 atom stereocenters. The summed E-state index contributed by atoms with van der Waals surface area (Å²) in [6.07, 6.45) is 1.20. The minimum atomic E-state index is -2.95. The Bertz CT molecular complexity index is 439. The van der Waals surface area contributed by atoms with Gasteiger partial charge in [-0.15, -0.1) is 0 Å². The fourth-order valence-corrected chi connectivity index (χ4v) is 1.72. The average Bonchev–Trinajstić information content (AvgIpc) is 2.27. The molecule has 5 heteroatoms. The first kappa shape index (κ1) is 14.0. The van der Waals surface area contributed by atoms with Crippen molar-refractivity contribution >= 4 is 9.84 Å². The molecular formula is C12H19NO3S. The summed E-state index contributed by atoms with van der Waals surface area (Å²) in [5.41, 5.74) is 1.17. The molecule has 1 N–H and O–H groups in total. The van der Waals surface area contributed by atoms with E-state index in [-0.39, 0.29) is 12.4 Å². The molecule has 17 heavy (non-hydrogen) atoms. The Balaban J connectivity index is 2.51. The zero-order valence-electron chi connectivity index (χ0n) is 10.4. The van der Waals surface area contributed by atoms with Gasteiger partial charge in [0.15, 0.2) is 9.84 Å². The SMILES string of the molecule is CNC(C)c1ccc(OCCS(C)(=O)=O)cc1. The molecule has 0 aromatic heterocycles.